The van der Waals surface area contributed by atoms with Crippen molar-refractivity contribution < 1.29 is 14.3 Å². The SMILES string of the molecule is C=CC(=O)c1c(OC)cc(C)cc1OC. The first-order valence-corrected chi connectivity index (χ1v) is 4.53. The van der Waals surface area contributed by atoms with E-state index >= 15 is 0 Å². The highest BCUT2D eigenvalue weighted by Gasteiger charge is 2.16. The molecule has 0 aliphatic rings. The Kier molecular flexibility index (Phi) is 3.50. The zero-order valence-corrected chi connectivity index (χ0v) is 9.16. The van der Waals surface area contributed by atoms with E-state index < -0.39 is 0 Å². The molecule has 0 aliphatic carbocycles. The van der Waals surface area contributed by atoms with E-state index in [9.17, 15) is 4.79 Å². The molecule has 0 spiro atoms. The summed E-state index contributed by atoms with van der Waals surface area (Å²) in [5.74, 6) is 0.817. The highest BCUT2D eigenvalue weighted by molar-refractivity contribution is 6.08. The Balaban J connectivity index is 3.43. The number of ether oxygens (including phenoxy) is 2. The average Bonchev–Trinajstić information content (AvgIpc) is 2.26. The smallest absolute Gasteiger partial charge is 0.192 e. The van der Waals surface area contributed by atoms with Crippen molar-refractivity contribution in [3.63, 3.8) is 0 Å². The Morgan fingerprint density at radius 2 is 1.73 bits per heavy atom. The third-order valence-corrected chi connectivity index (χ3v) is 2.08. The molecular formula is C12H14O3. The molecule has 0 atom stereocenters. The minimum atomic E-state index is -0.205. The van der Waals surface area contributed by atoms with Gasteiger partial charge in [-0.2, -0.15) is 0 Å². The number of allylic oxidation sites excluding steroid dienone is 1. The minimum absolute atomic E-state index is 0.205. The number of carbonyl (C=O) groups excluding carboxylic acids is 1. The number of ketones is 1. The average molecular weight is 206 g/mol. The second-order valence-corrected chi connectivity index (χ2v) is 3.11. The fraction of sp³-hybridized carbons (Fsp3) is 0.250. The number of hydrogen-bond acceptors (Lipinski definition) is 3. The quantitative estimate of drug-likeness (QED) is 0.560. The number of methoxy groups -OCH3 is 2. The van der Waals surface area contributed by atoms with E-state index in [1.807, 2.05) is 6.92 Å². The molecule has 1 rings (SSSR count). The summed E-state index contributed by atoms with van der Waals surface area (Å²) in [4.78, 5) is 11.6. The van der Waals surface area contributed by atoms with E-state index in [0.29, 0.717) is 17.1 Å². The van der Waals surface area contributed by atoms with E-state index in [0.717, 1.165) is 5.56 Å². The molecule has 0 unspecified atom stereocenters. The van der Waals surface area contributed by atoms with Crippen molar-refractivity contribution in [2.75, 3.05) is 14.2 Å². The first kappa shape index (κ1) is 11.3. The van der Waals surface area contributed by atoms with Crippen LogP contribution < -0.4 is 9.47 Å². The summed E-state index contributed by atoms with van der Waals surface area (Å²) in [5, 5.41) is 0. The summed E-state index contributed by atoms with van der Waals surface area (Å²) in [6, 6.07) is 3.58. The van der Waals surface area contributed by atoms with Gasteiger partial charge in [0.15, 0.2) is 5.78 Å². The van der Waals surface area contributed by atoms with Gasteiger partial charge in [-0.15, -0.1) is 0 Å². The number of hydrogen-bond donors (Lipinski definition) is 0. The van der Waals surface area contributed by atoms with Gasteiger partial charge in [-0.05, 0) is 30.7 Å². The molecule has 0 fully saturated rings. The molecule has 3 nitrogen and oxygen atoms in total. The summed E-state index contributed by atoms with van der Waals surface area (Å²) >= 11 is 0. The lowest BCUT2D eigenvalue weighted by Crippen LogP contribution is -2.02. The lowest BCUT2D eigenvalue weighted by molar-refractivity contribution is 0.104. The fourth-order valence-corrected chi connectivity index (χ4v) is 1.39. The van der Waals surface area contributed by atoms with Crippen LogP contribution in [0, 0.1) is 6.92 Å². The lowest BCUT2D eigenvalue weighted by Gasteiger charge is -2.11. The molecule has 0 heterocycles. The van der Waals surface area contributed by atoms with Crippen molar-refractivity contribution >= 4 is 5.78 Å². The van der Waals surface area contributed by atoms with Gasteiger partial charge in [-0.3, -0.25) is 4.79 Å². The molecule has 0 N–H and O–H groups in total. The number of carbonyl (C=O) groups is 1. The summed E-state index contributed by atoms with van der Waals surface area (Å²) in [5.41, 5.74) is 1.39. The van der Waals surface area contributed by atoms with Crippen LogP contribution in [0.1, 0.15) is 15.9 Å². The van der Waals surface area contributed by atoms with Crippen LogP contribution in [0.15, 0.2) is 24.8 Å². The van der Waals surface area contributed by atoms with Crippen LogP contribution in [-0.4, -0.2) is 20.0 Å². The van der Waals surface area contributed by atoms with Crippen molar-refractivity contribution in [1.29, 1.82) is 0 Å². The van der Waals surface area contributed by atoms with Crippen molar-refractivity contribution in [2.24, 2.45) is 0 Å². The normalized spacial score (nSPS) is 9.53. The van der Waals surface area contributed by atoms with Crippen LogP contribution in [0.25, 0.3) is 0 Å². The summed E-state index contributed by atoms with van der Waals surface area (Å²) < 4.78 is 10.3. The van der Waals surface area contributed by atoms with Crippen LogP contribution in [0.4, 0.5) is 0 Å². The maximum absolute atomic E-state index is 11.6. The van der Waals surface area contributed by atoms with Gasteiger partial charge in [0.05, 0.1) is 14.2 Å². The molecule has 1 aromatic carbocycles. The number of rotatable bonds is 4. The maximum atomic E-state index is 11.6. The van der Waals surface area contributed by atoms with Crippen LogP contribution in [0.2, 0.25) is 0 Å². The Morgan fingerprint density at radius 3 is 2.07 bits per heavy atom. The third-order valence-electron chi connectivity index (χ3n) is 2.08. The van der Waals surface area contributed by atoms with Gasteiger partial charge in [0.2, 0.25) is 0 Å². The standard InChI is InChI=1S/C12H14O3/c1-5-9(13)12-10(14-3)6-8(2)7-11(12)15-4/h5-7H,1H2,2-4H3. The van der Waals surface area contributed by atoms with Gasteiger partial charge in [0, 0.05) is 0 Å². The Morgan fingerprint density at radius 1 is 1.27 bits per heavy atom. The van der Waals surface area contributed by atoms with Gasteiger partial charge in [0.1, 0.15) is 17.1 Å². The molecular weight excluding hydrogens is 192 g/mol. The first-order valence-electron chi connectivity index (χ1n) is 4.53. The highest BCUT2D eigenvalue weighted by atomic mass is 16.5. The number of benzene rings is 1. The second kappa shape index (κ2) is 4.64. The molecule has 0 aromatic heterocycles. The molecule has 1 aromatic rings. The third kappa shape index (κ3) is 2.18. The van der Waals surface area contributed by atoms with Gasteiger partial charge in [0.25, 0.3) is 0 Å². The zero-order chi connectivity index (χ0) is 11.4. The highest BCUT2D eigenvalue weighted by Crippen LogP contribution is 2.30. The maximum Gasteiger partial charge on any atom is 0.192 e. The van der Waals surface area contributed by atoms with Crippen molar-refractivity contribution in [1.82, 2.24) is 0 Å². The van der Waals surface area contributed by atoms with Crippen LogP contribution in [0.3, 0.4) is 0 Å². The Hall–Kier alpha value is -1.77. The molecule has 80 valence electrons. The van der Waals surface area contributed by atoms with Crippen molar-refractivity contribution in [2.45, 2.75) is 6.92 Å². The topological polar surface area (TPSA) is 35.5 Å². The van der Waals surface area contributed by atoms with Gasteiger partial charge in [-0.25, -0.2) is 0 Å². The van der Waals surface area contributed by atoms with E-state index in [1.54, 1.807) is 12.1 Å². The number of aryl methyl sites for hydroxylation is 1. The molecule has 0 aliphatic heterocycles. The van der Waals surface area contributed by atoms with E-state index in [-0.39, 0.29) is 5.78 Å². The largest absolute Gasteiger partial charge is 0.496 e. The van der Waals surface area contributed by atoms with Gasteiger partial charge < -0.3 is 9.47 Å². The molecule has 15 heavy (non-hydrogen) atoms. The predicted molar refractivity (Wildman–Crippen MR) is 58.8 cm³/mol. The van der Waals surface area contributed by atoms with Crippen LogP contribution >= 0.6 is 0 Å². The summed E-state index contributed by atoms with van der Waals surface area (Å²) in [6.07, 6.45) is 1.25. The van der Waals surface area contributed by atoms with Gasteiger partial charge >= 0.3 is 0 Å². The van der Waals surface area contributed by atoms with E-state index in [2.05, 4.69) is 6.58 Å². The second-order valence-electron chi connectivity index (χ2n) is 3.11. The molecule has 0 saturated heterocycles. The Bertz CT molecular complexity index is 369. The van der Waals surface area contributed by atoms with E-state index in [1.165, 1.54) is 20.3 Å². The van der Waals surface area contributed by atoms with E-state index in [4.69, 9.17) is 9.47 Å². The van der Waals surface area contributed by atoms with Crippen LogP contribution in [0.5, 0.6) is 11.5 Å². The minimum Gasteiger partial charge on any atom is -0.496 e. The monoisotopic (exact) mass is 206 g/mol. The summed E-state index contributed by atoms with van der Waals surface area (Å²) in [6.45, 7) is 5.36. The van der Waals surface area contributed by atoms with Crippen LogP contribution in [-0.2, 0) is 0 Å². The molecule has 3 heteroatoms. The predicted octanol–water partition coefficient (Wildman–Crippen LogP) is 2.38. The van der Waals surface area contributed by atoms with Crippen molar-refractivity contribution in [3.8, 4) is 11.5 Å². The summed E-state index contributed by atoms with van der Waals surface area (Å²) in [7, 11) is 3.04. The molecule has 0 bridgehead atoms. The zero-order valence-electron chi connectivity index (χ0n) is 9.16. The first-order chi connectivity index (χ1) is 7.13. The molecule has 0 saturated carbocycles. The molecule has 0 radical (unpaired) electrons. The molecule has 0 amide bonds. The lowest BCUT2D eigenvalue weighted by atomic mass is 10.1. The Labute approximate surface area is 89.3 Å². The van der Waals surface area contributed by atoms with Crippen molar-refractivity contribution in [3.05, 3.63) is 35.9 Å². The fourth-order valence-electron chi connectivity index (χ4n) is 1.39. The van der Waals surface area contributed by atoms with Gasteiger partial charge in [-0.1, -0.05) is 6.58 Å².